The van der Waals surface area contributed by atoms with Crippen LogP contribution in [-0.2, 0) is 25.2 Å². The van der Waals surface area contributed by atoms with Crippen LogP contribution in [0.3, 0.4) is 0 Å². The van der Waals surface area contributed by atoms with Gasteiger partial charge in [0.25, 0.3) is 0 Å². The van der Waals surface area contributed by atoms with Gasteiger partial charge in [-0.25, -0.2) is 19.6 Å². The summed E-state index contributed by atoms with van der Waals surface area (Å²) in [7, 11) is 2.52. The number of methoxy groups -OCH3 is 2. The van der Waals surface area contributed by atoms with Gasteiger partial charge in [0.2, 0.25) is 11.8 Å². The first-order valence-electron chi connectivity index (χ1n) is 22.3. The second-order valence-corrected chi connectivity index (χ2v) is 18.0. The Morgan fingerprint density at radius 2 is 1.08 bits per heavy atom. The van der Waals surface area contributed by atoms with Crippen molar-refractivity contribution in [3.63, 3.8) is 0 Å². The van der Waals surface area contributed by atoms with Gasteiger partial charge in [-0.1, -0.05) is 39.8 Å². The first-order valence-corrected chi connectivity index (χ1v) is 22.3. The fourth-order valence-electron chi connectivity index (χ4n) is 9.86. The predicted molar refractivity (Wildman–Crippen MR) is 237 cm³/mol. The number of hydrogen-bond donors (Lipinski definition) is 4. The van der Waals surface area contributed by atoms with Crippen molar-refractivity contribution >= 4 is 51.8 Å². The van der Waals surface area contributed by atoms with Gasteiger partial charge in [-0.05, 0) is 110 Å². The Hall–Kier alpha value is -6.33. The number of aromatic nitrogens is 4. The van der Waals surface area contributed by atoms with Crippen LogP contribution in [0.1, 0.15) is 119 Å². The van der Waals surface area contributed by atoms with Crippen LogP contribution in [0.4, 0.5) is 28.4 Å². The minimum Gasteiger partial charge on any atom is -0.453 e. The second-order valence-electron chi connectivity index (χ2n) is 18.0. The van der Waals surface area contributed by atoms with Gasteiger partial charge in [-0.2, -0.15) is 13.2 Å². The first kappa shape index (κ1) is 45.2. The molecule has 15 nitrogen and oxygen atoms in total. The molecule has 3 aromatic carbocycles. The summed E-state index contributed by atoms with van der Waals surface area (Å²) in [5.41, 5.74) is 4.79. The lowest BCUT2D eigenvalue weighted by molar-refractivity contribution is -0.138. The van der Waals surface area contributed by atoms with E-state index in [-0.39, 0.29) is 47.8 Å². The molecule has 3 aliphatic rings. The maximum absolute atomic E-state index is 13.8. The minimum absolute atomic E-state index is 0.176. The second kappa shape index (κ2) is 18.3. The molecule has 65 heavy (non-hydrogen) atoms. The van der Waals surface area contributed by atoms with Crippen LogP contribution in [-0.4, -0.2) is 93.1 Å². The van der Waals surface area contributed by atoms with Gasteiger partial charge in [0.05, 0.1) is 66.0 Å². The number of anilines is 1. The summed E-state index contributed by atoms with van der Waals surface area (Å²) in [4.78, 5) is 74.4. The topological polar surface area (TPSA) is 178 Å². The Morgan fingerprint density at radius 3 is 1.46 bits per heavy atom. The van der Waals surface area contributed by atoms with E-state index in [0.717, 1.165) is 47.1 Å². The number of aromatic amines is 2. The molecule has 4 N–H and O–H groups in total. The number of alkyl halides is 3. The summed E-state index contributed by atoms with van der Waals surface area (Å²) in [5.74, 6) is 0.519. The van der Waals surface area contributed by atoms with Gasteiger partial charge in [-0.15, -0.1) is 0 Å². The van der Waals surface area contributed by atoms with Crippen molar-refractivity contribution in [2.24, 2.45) is 11.8 Å². The Morgan fingerprint density at radius 1 is 0.646 bits per heavy atom. The van der Waals surface area contributed by atoms with Crippen LogP contribution in [0.5, 0.6) is 0 Å². The SMILES string of the molecule is COC(=O)N[C@H](C(=O)N1CCCC1c1nc2ccc([C@H]3CC[C@H](c4ccc5nc([C@@H]6CCCN6C(=O)[C@@H](NC(=O)OC)C(C)C)[nH]c5c4)N3c3ccc(C(F)(F)F)cc3)cc2[nH]1)C(C)C. The van der Waals surface area contributed by atoms with E-state index >= 15 is 0 Å². The number of rotatable bonds is 11. The molecule has 0 saturated carbocycles. The average molecular weight is 900 g/mol. The third-order valence-corrected chi connectivity index (χ3v) is 13.2. The maximum atomic E-state index is 13.8. The molecule has 1 unspecified atom stereocenters. The summed E-state index contributed by atoms with van der Waals surface area (Å²) in [6, 6.07) is 14.6. The standard InChI is InChI=1S/C47H56F3N9O6/c1-25(2)39(55-45(62)64-5)43(60)57-21-7-9-37(57)41-51-31-17-11-27(23-33(31)53-41)35-19-20-36(59(35)30-15-13-29(14-16-30)47(48,49)50)28-12-18-32-34(24-28)54-42(52-32)38-10-8-22-58(38)44(61)40(26(3)4)56-46(63)65-6/h11-18,23-26,35-40H,7-10,19-22H2,1-6H3,(H,51,53)(H,52,54)(H,55,62)(H,56,63)/t35-,36-,37+,38?,39+,40+/m1/s1. The lowest BCUT2D eigenvalue weighted by atomic mass is 10.0. The normalized spacial score (nSPS) is 21.1. The monoisotopic (exact) mass is 899 g/mol. The quantitative estimate of drug-likeness (QED) is 0.101. The lowest BCUT2D eigenvalue weighted by Crippen LogP contribution is -2.51. The number of alkyl carbamates (subject to hydrolysis) is 2. The fraction of sp³-hybridized carbons (Fsp3) is 0.489. The van der Waals surface area contributed by atoms with E-state index in [1.165, 1.54) is 26.4 Å². The van der Waals surface area contributed by atoms with Crippen LogP contribution in [0.2, 0.25) is 0 Å². The Balaban J connectivity index is 1.09. The van der Waals surface area contributed by atoms with Crippen molar-refractivity contribution in [2.45, 2.75) is 109 Å². The molecule has 2 aromatic heterocycles. The largest absolute Gasteiger partial charge is 0.453 e. The molecular weight excluding hydrogens is 844 g/mol. The van der Waals surface area contributed by atoms with Gasteiger partial charge in [0.1, 0.15) is 23.7 Å². The van der Waals surface area contributed by atoms with E-state index < -0.39 is 36.0 Å². The number of H-pyrrole nitrogens is 2. The van der Waals surface area contributed by atoms with Crippen molar-refractivity contribution in [3.05, 3.63) is 89.0 Å². The zero-order chi connectivity index (χ0) is 46.3. The van der Waals surface area contributed by atoms with E-state index in [0.29, 0.717) is 67.1 Å². The van der Waals surface area contributed by atoms with Gasteiger partial charge in [0, 0.05) is 18.8 Å². The molecule has 8 rings (SSSR count). The zero-order valence-corrected chi connectivity index (χ0v) is 37.4. The fourth-order valence-corrected chi connectivity index (χ4v) is 9.86. The highest BCUT2D eigenvalue weighted by Crippen LogP contribution is 2.48. The van der Waals surface area contributed by atoms with Gasteiger partial charge >= 0.3 is 18.4 Å². The van der Waals surface area contributed by atoms with Crippen molar-refractivity contribution in [2.75, 3.05) is 32.2 Å². The number of ether oxygens (including phenoxy) is 2. The van der Waals surface area contributed by atoms with Crippen LogP contribution < -0.4 is 15.5 Å². The molecule has 18 heteroatoms. The third-order valence-electron chi connectivity index (χ3n) is 13.2. The Kier molecular flexibility index (Phi) is 12.7. The average Bonchev–Trinajstić information content (AvgIpc) is 4.14. The molecule has 346 valence electrons. The summed E-state index contributed by atoms with van der Waals surface area (Å²) in [6.45, 7) is 8.50. The molecule has 0 radical (unpaired) electrons. The lowest BCUT2D eigenvalue weighted by Gasteiger charge is -2.33. The highest BCUT2D eigenvalue weighted by molar-refractivity contribution is 5.87. The molecule has 0 spiro atoms. The number of hydrogen-bond acceptors (Lipinski definition) is 9. The van der Waals surface area contributed by atoms with Gasteiger partial charge in [0.15, 0.2) is 0 Å². The minimum atomic E-state index is -4.49. The number of nitrogens with one attached hydrogen (secondary N) is 4. The van der Waals surface area contributed by atoms with E-state index in [4.69, 9.17) is 19.4 Å². The molecule has 3 saturated heterocycles. The smallest absolute Gasteiger partial charge is 0.416 e. The summed E-state index contributed by atoms with van der Waals surface area (Å²) in [5, 5.41) is 5.37. The zero-order valence-electron chi connectivity index (χ0n) is 37.4. The van der Waals surface area contributed by atoms with Gasteiger partial charge in [-0.3, -0.25) is 9.59 Å². The predicted octanol–water partition coefficient (Wildman–Crippen LogP) is 8.63. The Labute approximate surface area is 374 Å². The van der Waals surface area contributed by atoms with Gasteiger partial charge < -0.3 is 44.8 Å². The van der Waals surface area contributed by atoms with Crippen molar-refractivity contribution < 1.29 is 41.8 Å². The number of carbonyl (C=O) groups is 4. The number of amides is 4. The number of nitrogens with zero attached hydrogens (tertiary/aromatic N) is 5. The van der Waals surface area contributed by atoms with Crippen LogP contribution >= 0.6 is 0 Å². The molecule has 5 heterocycles. The number of carbonyl (C=O) groups excluding carboxylic acids is 4. The van der Waals surface area contributed by atoms with E-state index in [2.05, 4.69) is 25.5 Å². The molecule has 3 aliphatic heterocycles. The molecule has 0 bridgehead atoms. The number of benzene rings is 3. The van der Waals surface area contributed by atoms with Crippen LogP contribution in [0, 0.1) is 11.8 Å². The third kappa shape index (κ3) is 9.03. The molecule has 5 aromatic rings. The van der Waals surface area contributed by atoms with Crippen molar-refractivity contribution in [1.82, 2.24) is 40.4 Å². The molecule has 6 atom stereocenters. The Bertz CT molecular complexity index is 2410. The number of halogens is 3. The highest BCUT2D eigenvalue weighted by Gasteiger charge is 2.41. The maximum Gasteiger partial charge on any atom is 0.416 e. The molecule has 4 amide bonds. The van der Waals surface area contributed by atoms with Crippen molar-refractivity contribution in [3.8, 4) is 0 Å². The highest BCUT2D eigenvalue weighted by atomic mass is 19.4. The first-order chi connectivity index (χ1) is 31.1. The summed E-state index contributed by atoms with van der Waals surface area (Å²) < 4.78 is 51.0. The molecule has 3 fully saturated rings. The number of fused-ring (bicyclic) bond motifs is 2. The van der Waals surface area contributed by atoms with E-state index in [1.807, 2.05) is 64.1 Å². The number of imidazole rings is 2. The molecular formula is C47H56F3N9O6. The van der Waals surface area contributed by atoms with E-state index in [9.17, 15) is 32.3 Å². The van der Waals surface area contributed by atoms with Crippen LogP contribution in [0.25, 0.3) is 22.1 Å². The van der Waals surface area contributed by atoms with Crippen molar-refractivity contribution in [1.29, 1.82) is 0 Å². The molecule has 0 aliphatic carbocycles. The van der Waals surface area contributed by atoms with E-state index in [1.54, 1.807) is 9.80 Å². The summed E-state index contributed by atoms with van der Waals surface area (Å²) in [6.07, 6.45) is -1.50. The summed E-state index contributed by atoms with van der Waals surface area (Å²) >= 11 is 0. The number of likely N-dealkylation sites (tertiary alicyclic amines) is 2. The van der Waals surface area contributed by atoms with Crippen LogP contribution in [0.15, 0.2) is 60.7 Å².